The van der Waals surface area contributed by atoms with Crippen molar-refractivity contribution in [2.75, 3.05) is 18.9 Å². The monoisotopic (exact) mass is 248 g/mol. The Hall–Kier alpha value is -1.75. The van der Waals surface area contributed by atoms with Crippen molar-refractivity contribution in [2.45, 2.75) is 6.42 Å². The van der Waals surface area contributed by atoms with Crippen LogP contribution in [-0.4, -0.2) is 18.2 Å². The van der Waals surface area contributed by atoms with E-state index in [1.807, 2.05) is 18.2 Å². The minimum atomic E-state index is 0.684. The van der Waals surface area contributed by atoms with Crippen LogP contribution in [0.5, 0.6) is 11.5 Å². The normalized spacial score (nSPS) is 14.4. The fourth-order valence-electron chi connectivity index (χ4n) is 1.78. The molecule has 17 heavy (non-hydrogen) atoms. The average Bonchev–Trinajstić information content (AvgIpc) is 2.64. The van der Waals surface area contributed by atoms with Gasteiger partial charge in [0.25, 0.3) is 0 Å². The van der Waals surface area contributed by atoms with Crippen LogP contribution in [0, 0.1) is 0 Å². The lowest BCUT2D eigenvalue weighted by Crippen LogP contribution is -1.97. The van der Waals surface area contributed by atoms with Crippen molar-refractivity contribution >= 4 is 16.3 Å². The van der Waals surface area contributed by atoms with Gasteiger partial charge in [-0.3, -0.25) is 0 Å². The van der Waals surface area contributed by atoms with Gasteiger partial charge in [-0.1, -0.05) is 0 Å². The minimum Gasteiger partial charge on any atom is -0.490 e. The molecule has 0 bridgehead atoms. The molecule has 2 aromatic rings. The molecule has 88 valence electrons. The highest BCUT2D eigenvalue weighted by Crippen LogP contribution is 2.36. The molecule has 3 rings (SSSR count). The van der Waals surface area contributed by atoms with Crippen LogP contribution in [-0.2, 0) is 0 Å². The van der Waals surface area contributed by atoms with Gasteiger partial charge < -0.3 is 15.2 Å². The standard InChI is InChI=1S/C12H12N2O2S/c13-12-11(14-7-17-12)8-2-3-9-10(6-8)16-5-1-4-15-9/h2-3,6-7H,1,4-5,13H2. The van der Waals surface area contributed by atoms with Gasteiger partial charge in [0.1, 0.15) is 10.7 Å². The molecule has 0 amide bonds. The quantitative estimate of drug-likeness (QED) is 0.842. The van der Waals surface area contributed by atoms with Crippen LogP contribution in [0.3, 0.4) is 0 Å². The van der Waals surface area contributed by atoms with Gasteiger partial charge in [-0.05, 0) is 18.2 Å². The summed E-state index contributed by atoms with van der Waals surface area (Å²) in [6.07, 6.45) is 0.906. The van der Waals surface area contributed by atoms with Gasteiger partial charge in [-0.2, -0.15) is 0 Å². The first kappa shape index (κ1) is 10.4. The number of thiazole rings is 1. The molecule has 0 saturated heterocycles. The zero-order valence-electron chi connectivity index (χ0n) is 9.18. The van der Waals surface area contributed by atoms with Crippen molar-refractivity contribution in [3.63, 3.8) is 0 Å². The lowest BCUT2D eigenvalue weighted by molar-refractivity contribution is 0.297. The third kappa shape index (κ3) is 1.93. The summed E-state index contributed by atoms with van der Waals surface area (Å²) < 4.78 is 11.2. The highest BCUT2D eigenvalue weighted by Gasteiger charge is 2.13. The molecule has 0 radical (unpaired) electrons. The van der Waals surface area contributed by atoms with E-state index in [1.54, 1.807) is 5.51 Å². The summed E-state index contributed by atoms with van der Waals surface area (Å²) in [5.74, 6) is 1.56. The molecule has 0 fully saturated rings. The molecule has 0 aliphatic carbocycles. The summed E-state index contributed by atoms with van der Waals surface area (Å²) in [4.78, 5) is 4.26. The third-order valence-electron chi connectivity index (χ3n) is 2.62. The maximum Gasteiger partial charge on any atom is 0.161 e. The lowest BCUT2D eigenvalue weighted by atomic mass is 10.1. The van der Waals surface area contributed by atoms with Crippen LogP contribution in [0.25, 0.3) is 11.3 Å². The van der Waals surface area contributed by atoms with Crippen LogP contribution in [0.4, 0.5) is 5.00 Å². The molecule has 0 spiro atoms. The Morgan fingerprint density at radius 2 is 2.00 bits per heavy atom. The van der Waals surface area contributed by atoms with E-state index in [0.717, 1.165) is 34.2 Å². The Labute approximate surface area is 103 Å². The second-order valence-corrected chi connectivity index (χ2v) is 4.66. The van der Waals surface area contributed by atoms with Crippen LogP contribution < -0.4 is 15.2 Å². The Morgan fingerprint density at radius 3 is 2.76 bits per heavy atom. The number of fused-ring (bicyclic) bond motifs is 1. The number of hydrogen-bond donors (Lipinski definition) is 1. The van der Waals surface area contributed by atoms with E-state index in [9.17, 15) is 0 Å². The summed E-state index contributed by atoms with van der Waals surface area (Å²) in [7, 11) is 0. The highest BCUT2D eigenvalue weighted by atomic mass is 32.1. The van der Waals surface area contributed by atoms with Crippen LogP contribution >= 0.6 is 11.3 Å². The number of nitrogens with zero attached hydrogens (tertiary/aromatic N) is 1. The molecular weight excluding hydrogens is 236 g/mol. The number of aromatic nitrogens is 1. The second kappa shape index (κ2) is 4.25. The molecule has 1 aliphatic rings. The molecule has 4 nitrogen and oxygen atoms in total. The van der Waals surface area contributed by atoms with E-state index < -0.39 is 0 Å². The molecular formula is C12H12N2O2S. The molecule has 1 aromatic carbocycles. The molecule has 1 aliphatic heterocycles. The first-order chi connectivity index (χ1) is 8.34. The Balaban J connectivity index is 2.03. The molecule has 2 N–H and O–H groups in total. The number of nitrogen functional groups attached to an aromatic ring is 1. The first-order valence-electron chi connectivity index (χ1n) is 5.43. The van der Waals surface area contributed by atoms with Crippen molar-refractivity contribution in [2.24, 2.45) is 0 Å². The van der Waals surface area contributed by atoms with Gasteiger partial charge in [-0.25, -0.2) is 4.98 Å². The molecule has 0 atom stereocenters. The van der Waals surface area contributed by atoms with Gasteiger partial charge >= 0.3 is 0 Å². The summed E-state index contributed by atoms with van der Waals surface area (Å²) in [5, 5.41) is 0.722. The molecule has 5 heteroatoms. The smallest absolute Gasteiger partial charge is 0.161 e. The minimum absolute atomic E-state index is 0.684. The highest BCUT2D eigenvalue weighted by molar-refractivity contribution is 7.14. The molecule has 0 saturated carbocycles. The largest absolute Gasteiger partial charge is 0.490 e. The zero-order valence-corrected chi connectivity index (χ0v) is 10.00. The van der Waals surface area contributed by atoms with E-state index in [-0.39, 0.29) is 0 Å². The predicted octanol–water partition coefficient (Wildman–Crippen LogP) is 2.55. The number of hydrogen-bond acceptors (Lipinski definition) is 5. The van der Waals surface area contributed by atoms with Gasteiger partial charge in [-0.15, -0.1) is 11.3 Å². The lowest BCUT2D eigenvalue weighted by Gasteiger charge is -2.08. The SMILES string of the molecule is Nc1scnc1-c1ccc2c(c1)OCCCO2. The van der Waals surface area contributed by atoms with E-state index in [2.05, 4.69) is 4.98 Å². The average molecular weight is 248 g/mol. The van der Waals surface area contributed by atoms with Crippen molar-refractivity contribution in [1.82, 2.24) is 4.98 Å². The van der Waals surface area contributed by atoms with Crippen molar-refractivity contribution in [1.29, 1.82) is 0 Å². The summed E-state index contributed by atoms with van der Waals surface area (Å²) in [6.45, 7) is 1.38. The van der Waals surface area contributed by atoms with Crippen molar-refractivity contribution in [3.05, 3.63) is 23.7 Å². The van der Waals surface area contributed by atoms with Crippen molar-refractivity contribution < 1.29 is 9.47 Å². The van der Waals surface area contributed by atoms with Crippen molar-refractivity contribution in [3.8, 4) is 22.8 Å². The Kier molecular flexibility index (Phi) is 2.60. The topological polar surface area (TPSA) is 57.4 Å². The molecule has 1 aromatic heterocycles. The fourth-order valence-corrected chi connectivity index (χ4v) is 2.34. The van der Waals surface area contributed by atoms with Gasteiger partial charge in [0.15, 0.2) is 11.5 Å². The number of rotatable bonds is 1. The van der Waals surface area contributed by atoms with E-state index in [1.165, 1.54) is 11.3 Å². The van der Waals surface area contributed by atoms with Crippen LogP contribution in [0.1, 0.15) is 6.42 Å². The number of anilines is 1. The predicted molar refractivity (Wildman–Crippen MR) is 67.6 cm³/mol. The van der Waals surface area contributed by atoms with Crippen LogP contribution in [0.2, 0.25) is 0 Å². The molecule has 2 heterocycles. The van der Waals surface area contributed by atoms with E-state index in [4.69, 9.17) is 15.2 Å². The maximum absolute atomic E-state index is 5.86. The van der Waals surface area contributed by atoms with E-state index >= 15 is 0 Å². The van der Waals surface area contributed by atoms with Gasteiger partial charge in [0.05, 0.1) is 18.7 Å². The van der Waals surface area contributed by atoms with Gasteiger partial charge in [0, 0.05) is 12.0 Å². The number of ether oxygens (including phenoxy) is 2. The fraction of sp³-hybridized carbons (Fsp3) is 0.250. The Bertz CT molecular complexity index is 539. The van der Waals surface area contributed by atoms with Gasteiger partial charge in [0.2, 0.25) is 0 Å². The Morgan fingerprint density at radius 1 is 1.18 bits per heavy atom. The number of nitrogens with two attached hydrogens (primary N) is 1. The summed E-state index contributed by atoms with van der Waals surface area (Å²) >= 11 is 1.44. The summed E-state index contributed by atoms with van der Waals surface area (Å²) in [5.41, 5.74) is 9.38. The first-order valence-corrected chi connectivity index (χ1v) is 6.31. The molecule has 0 unspecified atom stereocenters. The maximum atomic E-state index is 5.86. The summed E-state index contributed by atoms with van der Waals surface area (Å²) in [6, 6.07) is 5.81. The second-order valence-electron chi connectivity index (χ2n) is 3.78. The zero-order chi connectivity index (χ0) is 11.7. The third-order valence-corrected chi connectivity index (χ3v) is 3.27. The number of benzene rings is 1. The van der Waals surface area contributed by atoms with Crippen LogP contribution in [0.15, 0.2) is 23.7 Å². The van der Waals surface area contributed by atoms with E-state index in [0.29, 0.717) is 13.2 Å².